The molecule has 0 saturated carbocycles. The van der Waals surface area contributed by atoms with Crippen LogP contribution in [0.5, 0.6) is 0 Å². The smallest absolute Gasteiger partial charge is 1.00 e. The molecule has 0 unspecified atom stereocenters. The fourth-order valence-corrected chi connectivity index (χ4v) is 1.03. The second-order valence-corrected chi connectivity index (χ2v) is 13.3. The van der Waals surface area contributed by atoms with Crippen LogP contribution >= 0.6 is 0 Å². The maximum atomic E-state index is 3.12. The summed E-state index contributed by atoms with van der Waals surface area (Å²) in [5.74, 6) is 0. The maximum absolute atomic E-state index is 3.12. The number of hydrogen-bond donors (Lipinski definition) is 0. The Hall–Kier alpha value is 1.02. The molecular weight excluding hydrogens is 447 g/mol. The molecule has 2 aliphatic rings. The van der Waals surface area contributed by atoms with E-state index in [1.165, 1.54) is 11.1 Å². The zero-order valence-electron chi connectivity index (χ0n) is 11.5. The molecule has 0 nitrogen and oxygen atoms in total. The monoisotopic (exact) mass is 464 g/mol. The van der Waals surface area contributed by atoms with Crippen LogP contribution in [0, 0.1) is 12.2 Å². The Morgan fingerprint density at radius 1 is 0.944 bits per heavy atom. The second kappa shape index (κ2) is 16.1. The van der Waals surface area contributed by atoms with E-state index in [9.17, 15) is 0 Å². The van der Waals surface area contributed by atoms with E-state index >= 15 is 0 Å². The largest absolute Gasteiger partial charge is 1.00 e. The van der Waals surface area contributed by atoms with Gasteiger partial charge in [0.15, 0.2) is 0 Å². The van der Waals surface area contributed by atoms with E-state index in [-0.39, 0.29) is 39.4 Å². The molecule has 0 aromatic carbocycles. The van der Waals surface area contributed by atoms with Crippen LogP contribution in [0.4, 0.5) is 0 Å². The van der Waals surface area contributed by atoms with Crippen LogP contribution in [0.25, 0.3) is 0 Å². The summed E-state index contributed by atoms with van der Waals surface area (Å²) in [6.07, 6.45) is 16.7. The second-order valence-electron chi connectivity index (χ2n) is 3.93. The summed E-state index contributed by atoms with van der Waals surface area (Å²) in [4.78, 5) is 0. The van der Waals surface area contributed by atoms with Gasteiger partial charge < -0.3 is 34.0 Å². The van der Waals surface area contributed by atoms with Gasteiger partial charge in [-0.25, -0.2) is 23.3 Å². The summed E-state index contributed by atoms with van der Waals surface area (Å²) in [6, 6.07) is 0. The van der Waals surface area contributed by atoms with Crippen LogP contribution in [0.3, 0.4) is 0 Å². The van der Waals surface area contributed by atoms with Gasteiger partial charge in [-0.2, -0.15) is 12.2 Å². The SMILES string of the molecule is CC1=[C-]CC=C1.CC1=[C-]CC=C1.C[Si](C)=[Zr+2].[Br-].[Br-]. The molecule has 0 bridgehead atoms. The van der Waals surface area contributed by atoms with E-state index in [2.05, 4.69) is 63.4 Å². The van der Waals surface area contributed by atoms with Crippen LogP contribution in [-0.4, -0.2) is 5.43 Å². The van der Waals surface area contributed by atoms with E-state index in [4.69, 9.17) is 0 Å². The Kier molecular flexibility index (Phi) is 21.5. The molecule has 0 spiro atoms. The first-order valence-electron chi connectivity index (χ1n) is 5.52. The standard InChI is InChI=1S/2C6H7.C2H6Si.2BrH.Zr/c2*1-6-4-2-3-5-6;1-3-2;;;/h2*2,4H,3H2,1H3;1-2H3;2*1H;/q2*-1;;;;+2/p-2. The van der Waals surface area contributed by atoms with Crippen molar-refractivity contribution in [2.24, 2.45) is 0 Å². The summed E-state index contributed by atoms with van der Waals surface area (Å²) < 4.78 is 0. The molecule has 0 saturated heterocycles. The van der Waals surface area contributed by atoms with Crippen molar-refractivity contribution in [2.75, 3.05) is 0 Å². The van der Waals surface area contributed by atoms with Crippen LogP contribution in [0.1, 0.15) is 26.7 Å². The Bertz CT molecular complexity index is 304. The van der Waals surface area contributed by atoms with Crippen LogP contribution in [-0.2, 0) is 23.3 Å². The van der Waals surface area contributed by atoms with Crippen molar-refractivity contribution >= 4 is 5.43 Å². The molecular formula is C14H20Br2SiZr-2. The van der Waals surface area contributed by atoms with E-state index < -0.39 is 0 Å². The molecule has 0 aromatic heterocycles. The first-order chi connectivity index (χ1) is 7.52. The number of allylic oxidation sites excluding steroid dienone is 8. The van der Waals surface area contributed by atoms with E-state index in [0.717, 1.165) is 12.8 Å². The zero-order chi connectivity index (χ0) is 12.4. The molecule has 0 N–H and O–H groups in total. The normalized spacial score (nSPS) is 13.9. The van der Waals surface area contributed by atoms with Crippen molar-refractivity contribution in [1.82, 2.24) is 0 Å². The Balaban J connectivity index is -0.000000182. The molecule has 0 heterocycles. The minimum Gasteiger partial charge on any atom is -1.00 e. The predicted molar refractivity (Wildman–Crippen MR) is 69.9 cm³/mol. The summed E-state index contributed by atoms with van der Waals surface area (Å²) in [6.45, 7) is 8.74. The third-order valence-electron chi connectivity index (χ3n) is 1.73. The maximum Gasteiger partial charge on any atom is -1.00 e. The third-order valence-corrected chi connectivity index (χ3v) is 1.73. The average Bonchev–Trinajstić information content (AvgIpc) is 2.78. The Labute approximate surface area is 149 Å². The van der Waals surface area contributed by atoms with Crippen LogP contribution < -0.4 is 34.0 Å². The molecule has 0 aliphatic heterocycles. The molecule has 2 aliphatic carbocycles. The third kappa shape index (κ3) is 19.4. The van der Waals surface area contributed by atoms with Crippen LogP contribution in [0.15, 0.2) is 35.5 Å². The average molecular weight is 467 g/mol. The summed E-state index contributed by atoms with van der Waals surface area (Å²) in [5.41, 5.74) is 2.76. The van der Waals surface area contributed by atoms with Gasteiger partial charge in [0.25, 0.3) is 0 Å². The molecule has 0 amide bonds. The topological polar surface area (TPSA) is 0 Å². The Morgan fingerprint density at radius 2 is 1.22 bits per heavy atom. The molecule has 0 fully saturated rings. The van der Waals surface area contributed by atoms with E-state index in [1.807, 2.05) is 0 Å². The molecule has 18 heavy (non-hydrogen) atoms. The fourth-order valence-electron chi connectivity index (χ4n) is 1.03. The van der Waals surface area contributed by atoms with Gasteiger partial charge in [0, 0.05) is 0 Å². The summed E-state index contributed by atoms with van der Waals surface area (Å²) >= 11 is 1.74. The van der Waals surface area contributed by atoms with E-state index in [0.29, 0.717) is 0 Å². The number of hydrogen-bond acceptors (Lipinski definition) is 0. The molecule has 100 valence electrons. The molecule has 2 rings (SSSR count). The zero-order valence-corrected chi connectivity index (χ0v) is 18.1. The summed E-state index contributed by atoms with van der Waals surface area (Å²) in [5, 5.41) is 0. The Morgan fingerprint density at radius 3 is 1.28 bits per heavy atom. The first-order valence-corrected chi connectivity index (χ1v) is 11.7. The van der Waals surface area contributed by atoms with Gasteiger partial charge in [-0.3, -0.25) is 12.2 Å². The number of halogens is 2. The molecule has 0 atom stereocenters. The van der Waals surface area contributed by atoms with Gasteiger partial charge in [0.2, 0.25) is 0 Å². The molecule has 0 aromatic rings. The fraction of sp³-hybridized carbons (Fsp3) is 0.429. The minimum absolute atomic E-state index is 0. The molecule has 4 heteroatoms. The van der Waals surface area contributed by atoms with Gasteiger partial charge in [0.05, 0.1) is 0 Å². The van der Waals surface area contributed by atoms with Crippen molar-refractivity contribution in [3.8, 4) is 0 Å². The van der Waals surface area contributed by atoms with Crippen molar-refractivity contribution < 1.29 is 57.3 Å². The van der Waals surface area contributed by atoms with Crippen molar-refractivity contribution in [1.29, 1.82) is 0 Å². The van der Waals surface area contributed by atoms with Crippen molar-refractivity contribution in [3.63, 3.8) is 0 Å². The van der Waals surface area contributed by atoms with Gasteiger partial charge in [0.1, 0.15) is 0 Å². The van der Waals surface area contributed by atoms with E-state index in [1.54, 1.807) is 23.3 Å². The first kappa shape index (κ1) is 24.1. The number of rotatable bonds is 0. The summed E-state index contributed by atoms with van der Waals surface area (Å²) in [7, 11) is 0. The molecule has 0 radical (unpaired) electrons. The van der Waals surface area contributed by atoms with Gasteiger partial charge >= 0.3 is 41.9 Å². The van der Waals surface area contributed by atoms with Crippen molar-refractivity contribution in [3.05, 3.63) is 47.6 Å². The minimum atomic E-state index is 0. The quantitative estimate of drug-likeness (QED) is 0.291. The predicted octanol–water partition coefficient (Wildman–Crippen LogP) is -1.82. The van der Waals surface area contributed by atoms with Gasteiger partial charge in [-0.1, -0.05) is 13.8 Å². The van der Waals surface area contributed by atoms with Crippen molar-refractivity contribution in [2.45, 2.75) is 39.8 Å². The van der Waals surface area contributed by atoms with Gasteiger partial charge in [-0.15, -0.1) is 12.8 Å². The van der Waals surface area contributed by atoms with Gasteiger partial charge in [-0.05, 0) is 0 Å². The van der Waals surface area contributed by atoms with Crippen LogP contribution in [0.2, 0.25) is 13.1 Å².